The minimum atomic E-state index is -2.29. The van der Waals surface area contributed by atoms with Gasteiger partial charge in [-0.2, -0.15) is 0 Å². The van der Waals surface area contributed by atoms with Crippen LogP contribution in [0.15, 0.2) is 36.0 Å². The highest BCUT2D eigenvalue weighted by atomic mass is 29.3. The molecule has 0 amide bonds. The van der Waals surface area contributed by atoms with Crippen LogP contribution in [0.25, 0.3) is 6.08 Å². The zero-order valence-corrected chi connectivity index (χ0v) is 22.9. The Morgan fingerprint density at radius 1 is 0.760 bits per heavy atom. The molecule has 1 rings (SSSR count). The first-order valence-corrected chi connectivity index (χ1v) is 23.3. The van der Waals surface area contributed by atoms with Gasteiger partial charge in [-0.25, -0.2) is 0 Å². The molecule has 0 N–H and O–H groups in total. The summed E-state index contributed by atoms with van der Waals surface area (Å²) in [5.74, 6) is 0. The maximum atomic E-state index is 6.73. The molecule has 3 nitrogen and oxygen atoms in total. The van der Waals surface area contributed by atoms with Gasteiger partial charge in [0.2, 0.25) is 0 Å². The highest BCUT2D eigenvalue weighted by Gasteiger charge is 2.50. The van der Waals surface area contributed by atoms with Crippen LogP contribution in [0, 0.1) is 0 Å². The summed E-state index contributed by atoms with van der Waals surface area (Å²) in [6.45, 7) is 20.5. The predicted octanol–water partition coefficient (Wildman–Crippen LogP) is 4.82. The summed E-state index contributed by atoms with van der Waals surface area (Å²) in [5.41, 5.74) is 3.64. The molecule has 142 valence electrons. The van der Waals surface area contributed by atoms with Gasteiger partial charge in [0.1, 0.15) is 7.59 Å². The molecule has 0 aromatic heterocycles. The minimum absolute atomic E-state index is 1.00. The van der Waals surface area contributed by atoms with Crippen LogP contribution in [-0.4, -0.2) is 42.3 Å². The van der Waals surface area contributed by atoms with E-state index in [1.165, 1.54) is 5.56 Å². The molecule has 0 aliphatic rings. The van der Waals surface area contributed by atoms with Crippen LogP contribution >= 0.6 is 0 Å². The maximum Gasteiger partial charge on any atom is 0.298 e. The molecule has 0 aliphatic heterocycles. The monoisotopic (exact) mass is 428 g/mol. The van der Waals surface area contributed by atoms with Crippen LogP contribution in [0.4, 0.5) is 0 Å². The largest absolute Gasteiger partial charge is 0.441 e. The van der Waals surface area contributed by atoms with E-state index in [2.05, 4.69) is 101 Å². The number of benzene rings is 1. The fourth-order valence-electron chi connectivity index (χ4n) is 2.27. The standard InChI is InChI=1S/C17H36O3Si5/c1-22(2,3)18-21-19-25(9,20-23(4,5)6)24(7,8)16-15-17-13-11-10-12-14-17/h10-16H,21H2,1-9H3. The molecule has 25 heavy (non-hydrogen) atoms. The average Bonchev–Trinajstić information content (AvgIpc) is 2.43. The van der Waals surface area contributed by atoms with E-state index in [4.69, 9.17) is 12.3 Å². The number of hydrogen-bond donors (Lipinski definition) is 0. The van der Waals surface area contributed by atoms with Crippen molar-refractivity contribution in [2.75, 3.05) is 0 Å². The molecule has 0 aliphatic carbocycles. The molecular formula is C17H36O3Si5. The van der Waals surface area contributed by atoms with E-state index < -0.39 is 42.3 Å². The Morgan fingerprint density at radius 3 is 1.80 bits per heavy atom. The predicted molar refractivity (Wildman–Crippen MR) is 123 cm³/mol. The van der Waals surface area contributed by atoms with E-state index in [-0.39, 0.29) is 0 Å². The molecule has 0 saturated heterocycles. The Morgan fingerprint density at radius 2 is 1.32 bits per heavy atom. The molecule has 0 radical (unpaired) electrons. The SMILES string of the molecule is C[Si](C)(C)O[SiH2]O[Si](C)(O[Si](C)(C)C)[Si](C)(C)C=Cc1ccccc1. The molecule has 1 atom stereocenters. The second kappa shape index (κ2) is 8.74. The van der Waals surface area contributed by atoms with Crippen molar-refractivity contribution in [1.29, 1.82) is 0 Å². The van der Waals surface area contributed by atoms with E-state index in [1.807, 2.05) is 0 Å². The Kier molecular flexibility index (Phi) is 8.03. The van der Waals surface area contributed by atoms with Gasteiger partial charge < -0.3 is 12.3 Å². The van der Waals surface area contributed by atoms with Crippen molar-refractivity contribution in [3.63, 3.8) is 0 Å². The minimum Gasteiger partial charge on any atom is -0.441 e. The molecule has 0 heterocycles. The quantitative estimate of drug-likeness (QED) is 0.528. The summed E-state index contributed by atoms with van der Waals surface area (Å²) < 4.78 is 19.4. The van der Waals surface area contributed by atoms with Gasteiger partial charge in [0.25, 0.3) is 18.1 Å². The highest BCUT2D eigenvalue weighted by Crippen LogP contribution is 2.27. The number of hydrogen-bond acceptors (Lipinski definition) is 3. The molecule has 0 saturated carbocycles. The Hall–Kier alpha value is -0.0756. The fourth-order valence-corrected chi connectivity index (χ4v) is 24.4. The smallest absolute Gasteiger partial charge is 0.298 e. The van der Waals surface area contributed by atoms with E-state index in [0.717, 1.165) is 0 Å². The zero-order chi connectivity index (χ0) is 19.4. The van der Waals surface area contributed by atoms with Gasteiger partial charge in [0.15, 0.2) is 16.6 Å². The van der Waals surface area contributed by atoms with Gasteiger partial charge in [-0.05, 0) is 51.4 Å². The molecular weight excluding hydrogens is 393 g/mol. The fraction of sp³-hybridized carbons (Fsp3) is 0.529. The first-order chi connectivity index (χ1) is 11.2. The Bertz CT molecular complexity index is 564. The van der Waals surface area contributed by atoms with Gasteiger partial charge in [-0.1, -0.05) is 55.2 Å². The lowest BCUT2D eigenvalue weighted by Gasteiger charge is -2.42. The third kappa shape index (κ3) is 8.43. The van der Waals surface area contributed by atoms with E-state index in [1.54, 1.807) is 0 Å². The van der Waals surface area contributed by atoms with Crippen LogP contribution < -0.4 is 0 Å². The molecule has 8 heteroatoms. The molecule has 0 bridgehead atoms. The lowest BCUT2D eigenvalue weighted by Crippen LogP contribution is -2.65. The third-order valence-electron chi connectivity index (χ3n) is 3.99. The topological polar surface area (TPSA) is 27.7 Å². The van der Waals surface area contributed by atoms with E-state index >= 15 is 0 Å². The Balaban J connectivity index is 3.00. The summed E-state index contributed by atoms with van der Waals surface area (Å²) in [7, 11) is -8.35. The first-order valence-electron chi connectivity index (χ1n) is 8.97. The Labute approximate surface area is 161 Å². The van der Waals surface area contributed by atoms with Crippen molar-refractivity contribution in [3.8, 4) is 0 Å². The summed E-state index contributed by atoms with van der Waals surface area (Å²) in [4.78, 5) is 0. The summed E-state index contributed by atoms with van der Waals surface area (Å²) >= 11 is 0. The first kappa shape index (κ1) is 23.0. The molecule has 0 fully saturated rings. The lowest BCUT2D eigenvalue weighted by atomic mass is 10.2. The van der Waals surface area contributed by atoms with Gasteiger partial charge in [0.05, 0.1) is 0 Å². The van der Waals surface area contributed by atoms with Crippen molar-refractivity contribution in [2.45, 2.75) is 58.9 Å². The second-order valence-electron chi connectivity index (χ2n) is 9.14. The van der Waals surface area contributed by atoms with Crippen molar-refractivity contribution < 1.29 is 12.3 Å². The molecule has 1 unspecified atom stereocenters. The second-order valence-corrected chi connectivity index (χ2v) is 33.2. The van der Waals surface area contributed by atoms with Crippen molar-refractivity contribution in [2.24, 2.45) is 0 Å². The average molecular weight is 429 g/mol. The van der Waals surface area contributed by atoms with Crippen molar-refractivity contribution in [1.82, 2.24) is 0 Å². The summed E-state index contributed by atoms with van der Waals surface area (Å²) in [6.07, 6.45) is 2.25. The molecule has 0 spiro atoms. The zero-order valence-electron chi connectivity index (χ0n) is 17.5. The highest BCUT2D eigenvalue weighted by molar-refractivity contribution is 7.40. The van der Waals surface area contributed by atoms with Crippen LogP contribution in [0.3, 0.4) is 0 Å². The maximum absolute atomic E-state index is 6.73. The van der Waals surface area contributed by atoms with Crippen molar-refractivity contribution in [3.05, 3.63) is 41.6 Å². The van der Waals surface area contributed by atoms with Gasteiger partial charge >= 0.3 is 0 Å². The van der Waals surface area contributed by atoms with E-state index in [9.17, 15) is 0 Å². The van der Waals surface area contributed by atoms with Gasteiger partial charge in [-0.3, -0.25) is 0 Å². The van der Waals surface area contributed by atoms with Crippen LogP contribution in [0.2, 0.25) is 58.9 Å². The van der Waals surface area contributed by atoms with Gasteiger partial charge in [0, 0.05) is 0 Å². The van der Waals surface area contributed by atoms with Crippen LogP contribution in [0.1, 0.15) is 5.56 Å². The third-order valence-corrected chi connectivity index (χ3v) is 27.7. The van der Waals surface area contributed by atoms with Gasteiger partial charge in [-0.15, -0.1) is 0 Å². The molecule has 1 aromatic rings. The number of rotatable bonds is 9. The summed E-state index contributed by atoms with van der Waals surface area (Å²) in [6, 6.07) is 10.5. The lowest BCUT2D eigenvalue weighted by molar-refractivity contribution is 0.381. The van der Waals surface area contributed by atoms with Crippen molar-refractivity contribution >= 4 is 48.4 Å². The normalized spacial score (nSPS) is 16.7. The van der Waals surface area contributed by atoms with E-state index in [0.29, 0.717) is 0 Å². The van der Waals surface area contributed by atoms with Crippen LogP contribution in [0.5, 0.6) is 0 Å². The summed E-state index contributed by atoms with van der Waals surface area (Å²) in [5, 5.41) is 0. The molecule has 1 aromatic carbocycles. The van der Waals surface area contributed by atoms with Crippen LogP contribution in [-0.2, 0) is 12.3 Å².